The smallest absolute Gasteiger partial charge is 0.276 e. The number of nitrogens with zero attached hydrogens (tertiary/aromatic N) is 5. The van der Waals surface area contributed by atoms with E-state index in [1.165, 1.54) is 0 Å². The fraction of sp³-hybridized carbons (Fsp3) is 0.609. The molecular formula is C23H33N5O4. The molecule has 9 nitrogen and oxygen atoms in total. The van der Waals surface area contributed by atoms with Gasteiger partial charge in [0.25, 0.3) is 5.91 Å². The highest BCUT2D eigenvalue weighted by Gasteiger charge is 2.25. The van der Waals surface area contributed by atoms with E-state index in [0.29, 0.717) is 28.9 Å². The second-order valence-electron chi connectivity index (χ2n) is 8.60. The van der Waals surface area contributed by atoms with Gasteiger partial charge in [-0.2, -0.15) is 0 Å². The largest absolute Gasteiger partial charge is 0.493 e. The van der Waals surface area contributed by atoms with Gasteiger partial charge in [-0.05, 0) is 55.8 Å². The van der Waals surface area contributed by atoms with Crippen LogP contribution in [0, 0.1) is 5.92 Å². The number of rotatable bonds is 8. The van der Waals surface area contributed by atoms with Crippen LogP contribution in [-0.2, 0) is 13.1 Å². The third-order valence-electron chi connectivity index (χ3n) is 6.33. The molecule has 2 aliphatic rings. The zero-order valence-corrected chi connectivity index (χ0v) is 19.2. The summed E-state index contributed by atoms with van der Waals surface area (Å²) in [6, 6.07) is 4.03. The molecule has 1 atom stereocenters. The number of likely N-dealkylation sites (tertiary alicyclic amines) is 2. The van der Waals surface area contributed by atoms with Gasteiger partial charge in [0, 0.05) is 32.7 Å². The summed E-state index contributed by atoms with van der Waals surface area (Å²) < 4.78 is 18.3. The van der Waals surface area contributed by atoms with Crippen molar-refractivity contribution >= 4 is 5.91 Å². The predicted octanol–water partition coefficient (Wildman–Crippen LogP) is 2.45. The second kappa shape index (κ2) is 10.2. The summed E-state index contributed by atoms with van der Waals surface area (Å²) in [5, 5.41) is 8.37. The van der Waals surface area contributed by atoms with E-state index >= 15 is 0 Å². The first-order valence-electron chi connectivity index (χ1n) is 11.3. The molecule has 0 saturated carbocycles. The fourth-order valence-electron chi connectivity index (χ4n) is 4.76. The Labute approximate surface area is 189 Å². The van der Waals surface area contributed by atoms with Crippen LogP contribution in [0.5, 0.6) is 17.2 Å². The van der Waals surface area contributed by atoms with Crippen molar-refractivity contribution in [1.82, 2.24) is 24.8 Å². The summed E-state index contributed by atoms with van der Waals surface area (Å²) in [5.41, 5.74) is 1.58. The molecule has 2 aliphatic heterocycles. The molecule has 9 heteroatoms. The quantitative estimate of drug-likeness (QED) is 0.620. The number of amides is 1. The lowest BCUT2D eigenvalue weighted by atomic mass is 9.97. The second-order valence-corrected chi connectivity index (χ2v) is 8.60. The number of methoxy groups -OCH3 is 3. The van der Waals surface area contributed by atoms with Crippen molar-refractivity contribution in [2.75, 3.05) is 47.5 Å². The first-order valence-corrected chi connectivity index (χ1v) is 11.3. The van der Waals surface area contributed by atoms with Crippen LogP contribution in [0.4, 0.5) is 0 Å². The van der Waals surface area contributed by atoms with E-state index < -0.39 is 0 Å². The van der Waals surface area contributed by atoms with E-state index in [2.05, 4.69) is 15.2 Å². The summed E-state index contributed by atoms with van der Waals surface area (Å²) in [6.45, 7) is 5.23. The molecule has 0 aliphatic carbocycles. The van der Waals surface area contributed by atoms with Crippen LogP contribution in [0.1, 0.15) is 41.7 Å². The molecule has 0 spiro atoms. The third kappa shape index (κ3) is 4.98. The zero-order valence-electron chi connectivity index (χ0n) is 19.2. The number of ether oxygens (including phenoxy) is 3. The van der Waals surface area contributed by atoms with E-state index in [9.17, 15) is 4.79 Å². The van der Waals surface area contributed by atoms with E-state index in [-0.39, 0.29) is 5.91 Å². The highest BCUT2D eigenvalue weighted by atomic mass is 16.5. The van der Waals surface area contributed by atoms with Crippen molar-refractivity contribution in [3.05, 3.63) is 29.6 Å². The Morgan fingerprint density at radius 3 is 2.41 bits per heavy atom. The molecule has 174 valence electrons. The lowest BCUT2D eigenvalue weighted by Crippen LogP contribution is -2.36. The van der Waals surface area contributed by atoms with Crippen LogP contribution < -0.4 is 14.2 Å². The number of hydrogen-bond donors (Lipinski definition) is 0. The van der Waals surface area contributed by atoms with Gasteiger partial charge in [0.15, 0.2) is 17.2 Å². The van der Waals surface area contributed by atoms with E-state index in [1.54, 1.807) is 27.5 Å². The van der Waals surface area contributed by atoms with Gasteiger partial charge in [-0.1, -0.05) is 5.21 Å². The van der Waals surface area contributed by atoms with Gasteiger partial charge in [-0.15, -0.1) is 5.10 Å². The Morgan fingerprint density at radius 2 is 1.75 bits per heavy atom. The summed E-state index contributed by atoms with van der Waals surface area (Å²) in [4.78, 5) is 16.8. The van der Waals surface area contributed by atoms with Crippen LogP contribution >= 0.6 is 0 Å². The minimum Gasteiger partial charge on any atom is -0.493 e. The number of benzene rings is 1. The molecule has 1 aromatic carbocycles. The first-order chi connectivity index (χ1) is 15.6. The Hall–Kier alpha value is -2.81. The molecular weight excluding hydrogens is 410 g/mol. The highest BCUT2D eigenvalue weighted by Crippen LogP contribution is 2.38. The van der Waals surface area contributed by atoms with Crippen LogP contribution in [0.25, 0.3) is 0 Å². The number of hydrogen-bond acceptors (Lipinski definition) is 7. The Bertz CT molecular complexity index is 900. The molecule has 0 bridgehead atoms. The molecule has 2 fully saturated rings. The fourth-order valence-corrected chi connectivity index (χ4v) is 4.76. The van der Waals surface area contributed by atoms with Gasteiger partial charge in [0.05, 0.1) is 27.5 Å². The molecule has 1 aromatic heterocycles. The van der Waals surface area contributed by atoms with Crippen molar-refractivity contribution < 1.29 is 19.0 Å². The summed E-state index contributed by atoms with van der Waals surface area (Å²) in [5.74, 6) is 2.42. The van der Waals surface area contributed by atoms with Crippen molar-refractivity contribution in [2.45, 2.75) is 38.8 Å². The van der Waals surface area contributed by atoms with Crippen molar-refractivity contribution in [1.29, 1.82) is 0 Å². The van der Waals surface area contributed by atoms with E-state index in [0.717, 1.165) is 70.5 Å². The van der Waals surface area contributed by atoms with Crippen LogP contribution in [0.2, 0.25) is 0 Å². The zero-order chi connectivity index (χ0) is 22.5. The van der Waals surface area contributed by atoms with Gasteiger partial charge in [0.2, 0.25) is 5.75 Å². The van der Waals surface area contributed by atoms with Crippen LogP contribution in [0.3, 0.4) is 0 Å². The monoisotopic (exact) mass is 443 g/mol. The van der Waals surface area contributed by atoms with Crippen molar-refractivity contribution in [2.24, 2.45) is 5.92 Å². The maximum Gasteiger partial charge on any atom is 0.276 e. The average Bonchev–Trinajstić information content (AvgIpc) is 3.51. The normalized spacial score (nSPS) is 19.2. The molecule has 0 unspecified atom stereocenters. The minimum absolute atomic E-state index is 0.00132. The first kappa shape index (κ1) is 22.4. The van der Waals surface area contributed by atoms with Gasteiger partial charge in [0.1, 0.15) is 0 Å². The molecule has 2 aromatic rings. The third-order valence-corrected chi connectivity index (χ3v) is 6.33. The molecule has 4 rings (SSSR count). The molecule has 0 N–H and O–H groups in total. The molecule has 32 heavy (non-hydrogen) atoms. The van der Waals surface area contributed by atoms with Gasteiger partial charge in [-0.3, -0.25) is 14.4 Å². The highest BCUT2D eigenvalue weighted by molar-refractivity contribution is 5.92. The summed E-state index contributed by atoms with van der Waals surface area (Å²) >= 11 is 0. The van der Waals surface area contributed by atoms with Crippen LogP contribution in [0.15, 0.2) is 18.3 Å². The summed E-state index contributed by atoms with van der Waals surface area (Å²) in [6.07, 6.45) is 6.22. The summed E-state index contributed by atoms with van der Waals surface area (Å²) in [7, 11) is 4.89. The minimum atomic E-state index is 0.00132. The van der Waals surface area contributed by atoms with Gasteiger partial charge < -0.3 is 19.1 Å². The van der Waals surface area contributed by atoms with Gasteiger partial charge >= 0.3 is 0 Å². The molecule has 1 amide bonds. The molecule has 3 heterocycles. The lowest BCUT2D eigenvalue weighted by Gasteiger charge is -2.32. The van der Waals surface area contributed by atoms with E-state index in [4.69, 9.17) is 14.2 Å². The Kier molecular flexibility index (Phi) is 7.14. The topological polar surface area (TPSA) is 82.0 Å². The number of piperidine rings is 1. The SMILES string of the molecule is COc1cc(CN2CCC[C@@H](Cn3cc(C(=O)N4CCCC4)nn3)C2)cc(OC)c1OC. The Balaban J connectivity index is 1.37. The van der Waals surface area contributed by atoms with Crippen molar-refractivity contribution in [3.8, 4) is 17.2 Å². The van der Waals surface area contributed by atoms with E-state index in [1.807, 2.05) is 21.7 Å². The Morgan fingerprint density at radius 1 is 1.03 bits per heavy atom. The maximum atomic E-state index is 12.5. The van der Waals surface area contributed by atoms with Crippen molar-refractivity contribution in [3.63, 3.8) is 0 Å². The number of carbonyl (C=O) groups excluding carboxylic acids is 1. The standard InChI is InChI=1S/C23H33N5O4/c1-30-20-11-18(12-21(31-2)22(20)32-3)14-26-8-6-7-17(13-26)15-28-16-19(24-25-28)23(29)27-9-4-5-10-27/h11-12,16-17H,4-10,13-15H2,1-3H3/t17-/m1/s1. The van der Waals surface area contributed by atoms with Gasteiger partial charge in [-0.25, -0.2) is 0 Å². The number of carbonyl (C=O) groups is 1. The predicted molar refractivity (Wildman–Crippen MR) is 119 cm³/mol. The number of aromatic nitrogens is 3. The van der Waals surface area contributed by atoms with Crippen LogP contribution in [-0.4, -0.2) is 78.2 Å². The lowest BCUT2D eigenvalue weighted by molar-refractivity contribution is 0.0787. The average molecular weight is 444 g/mol. The molecule has 2 saturated heterocycles. The maximum absolute atomic E-state index is 12.5. The molecule has 0 radical (unpaired) electrons.